The topological polar surface area (TPSA) is 95.9 Å². The summed E-state index contributed by atoms with van der Waals surface area (Å²) in [5, 5.41) is 12.1. The molecule has 0 unspecified atom stereocenters. The minimum atomic E-state index is -1.07. The number of aliphatic carboxylic acids is 1. The first kappa shape index (κ1) is 20.1. The quantitative estimate of drug-likeness (QED) is 0.745. The number of carbonyl (C=O) groups is 3. The molecule has 7 heteroatoms. The second kappa shape index (κ2) is 7.98. The largest absolute Gasteiger partial charge is 0.480 e. The van der Waals surface area contributed by atoms with Gasteiger partial charge in [-0.25, -0.2) is 9.59 Å². The van der Waals surface area contributed by atoms with Crippen LogP contribution in [0, 0.1) is 18.3 Å². The van der Waals surface area contributed by atoms with E-state index in [-0.39, 0.29) is 5.92 Å². The van der Waals surface area contributed by atoms with Crippen molar-refractivity contribution in [2.45, 2.75) is 83.0 Å². The van der Waals surface area contributed by atoms with Crippen LogP contribution in [0.25, 0.3) is 0 Å². The Morgan fingerprint density at radius 3 is 2.31 bits per heavy atom. The number of carboxylic acids is 1. The summed E-state index contributed by atoms with van der Waals surface area (Å²) >= 11 is 0. The van der Waals surface area contributed by atoms with Gasteiger partial charge in [0.15, 0.2) is 0 Å². The Hall–Kier alpha value is -2.23. The van der Waals surface area contributed by atoms with Crippen molar-refractivity contribution in [3.8, 4) is 12.3 Å². The lowest BCUT2D eigenvalue weighted by Crippen LogP contribution is -2.56. The van der Waals surface area contributed by atoms with Crippen molar-refractivity contribution in [3.05, 3.63) is 0 Å². The van der Waals surface area contributed by atoms with Crippen molar-refractivity contribution in [3.63, 3.8) is 0 Å². The summed E-state index contributed by atoms with van der Waals surface area (Å²) in [6.07, 6.45) is 9.17. The molecule has 0 spiro atoms. The number of carbonyl (C=O) groups excluding carboxylic acids is 2. The first-order chi connectivity index (χ1) is 12.1. The Morgan fingerprint density at radius 1 is 1.19 bits per heavy atom. The third-order valence-electron chi connectivity index (χ3n) is 4.93. The molecule has 3 atom stereocenters. The maximum atomic E-state index is 13.2. The Kier molecular flexibility index (Phi) is 6.17. The first-order valence-corrected chi connectivity index (χ1v) is 9.14. The van der Waals surface area contributed by atoms with Gasteiger partial charge >= 0.3 is 12.1 Å². The van der Waals surface area contributed by atoms with Gasteiger partial charge in [-0.2, -0.15) is 0 Å². The number of rotatable bonds is 4. The molecule has 1 saturated carbocycles. The predicted octanol–water partition coefficient (Wildman–Crippen LogP) is 2.15. The fraction of sp³-hybridized carbons (Fsp3) is 0.737. The number of ether oxygens (including phenoxy) is 1. The van der Waals surface area contributed by atoms with Crippen LogP contribution in [-0.2, 0) is 14.3 Å². The van der Waals surface area contributed by atoms with Gasteiger partial charge in [-0.3, -0.25) is 4.79 Å². The van der Waals surface area contributed by atoms with Crippen molar-refractivity contribution >= 4 is 18.0 Å². The van der Waals surface area contributed by atoms with E-state index in [9.17, 15) is 19.5 Å². The minimum Gasteiger partial charge on any atom is -0.480 e. The number of hydrogen-bond acceptors (Lipinski definition) is 4. The lowest BCUT2D eigenvalue weighted by Gasteiger charge is -2.33. The van der Waals surface area contributed by atoms with E-state index in [1.807, 2.05) is 0 Å². The number of hydrogen-bond donors (Lipinski definition) is 2. The minimum absolute atomic E-state index is 0.0384. The molecule has 2 aliphatic rings. The Labute approximate surface area is 154 Å². The van der Waals surface area contributed by atoms with Gasteiger partial charge in [0.05, 0.1) is 6.04 Å². The molecule has 2 N–H and O–H groups in total. The van der Waals surface area contributed by atoms with E-state index in [0.717, 1.165) is 25.7 Å². The van der Waals surface area contributed by atoms with Crippen LogP contribution in [0.4, 0.5) is 4.79 Å². The average Bonchev–Trinajstić information content (AvgIpc) is 3.19. The van der Waals surface area contributed by atoms with Gasteiger partial charge in [0.1, 0.15) is 17.7 Å². The van der Waals surface area contributed by atoms with Gasteiger partial charge in [-0.05, 0) is 52.4 Å². The first-order valence-electron chi connectivity index (χ1n) is 9.14. The molecule has 1 saturated heterocycles. The molecule has 26 heavy (non-hydrogen) atoms. The highest BCUT2D eigenvalue weighted by Crippen LogP contribution is 2.32. The smallest absolute Gasteiger partial charge is 0.408 e. The summed E-state index contributed by atoms with van der Waals surface area (Å²) in [6.45, 7) is 5.23. The summed E-state index contributed by atoms with van der Waals surface area (Å²) in [4.78, 5) is 38.3. The maximum absolute atomic E-state index is 13.2. The molecule has 2 fully saturated rings. The van der Waals surface area contributed by atoms with Crippen molar-refractivity contribution in [1.29, 1.82) is 0 Å². The van der Waals surface area contributed by atoms with Crippen molar-refractivity contribution < 1.29 is 24.2 Å². The number of alkyl carbamates (subject to hydrolysis) is 1. The van der Waals surface area contributed by atoms with Gasteiger partial charge in [0, 0.05) is 0 Å². The SMILES string of the molecule is C#C[C@H]1CC[C@@H](C(=O)O)N1C(=O)[C@@H](NC(=O)OC(C)(C)C)C1CCCC1. The zero-order valence-electron chi connectivity index (χ0n) is 15.7. The standard InChI is InChI=1S/C19H28N2O5/c1-5-13-10-11-14(17(23)24)21(13)16(22)15(12-8-6-7-9-12)20-18(25)26-19(2,3)4/h1,12-15H,6-11H2,2-4H3,(H,20,25)(H,23,24)/t13-,14-,15-/m0/s1. The number of terminal acetylenes is 1. The fourth-order valence-electron chi connectivity index (χ4n) is 3.79. The molecule has 144 valence electrons. The van der Waals surface area contributed by atoms with Gasteiger partial charge < -0.3 is 20.1 Å². The van der Waals surface area contributed by atoms with Crippen LogP contribution < -0.4 is 5.32 Å². The summed E-state index contributed by atoms with van der Waals surface area (Å²) < 4.78 is 5.29. The van der Waals surface area contributed by atoms with E-state index in [1.165, 1.54) is 4.90 Å². The zero-order chi connectivity index (χ0) is 19.5. The van der Waals surface area contributed by atoms with Crippen LogP contribution in [0.3, 0.4) is 0 Å². The van der Waals surface area contributed by atoms with Gasteiger partial charge in [-0.15, -0.1) is 6.42 Å². The van der Waals surface area contributed by atoms with Crippen molar-refractivity contribution in [1.82, 2.24) is 10.2 Å². The number of carboxylic acid groups (broad SMARTS) is 1. The van der Waals surface area contributed by atoms with Crippen LogP contribution in [0.5, 0.6) is 0 Å². The van der Waals surface area contributed by atoms with E-state index in [2.05, 4.69) is 11.2 Å². The number of amides is 2. The molecule has 7 nitrogen and oxygen atoms in total. The summed E-state index contributed by atoms with van der Waals surface area (Å²) in [6, 6.07) is -2.33. The average molecular weight is 364 g/mol. The van der Waals surface area contributed by atoms with Crippen LogP contribution in [0.15, 0.2) is 0 Å². The van der Waals surface area contributed by atoms with Crippen LogP contribution in [0.2, 0.25) is 0 Å². The van der Waals surface area contributed by atoms with Crippen molar-refractivity contribution in [2.75, 3.05) is 0 Å². The predicted molar refractivity (Wildman–Crippen MR) is 95.2 cm³/mol. The van der Waals surface area contributed by atoms with Gasteiger partial charge in [0.25, 0.3) is 0 Å². The molecule has 0 aromatic carbocycles. The zero-order valence-corrected chi connectivity index (χ0v) is 15.7. The second-order valence-corrected chi connectivity index (χ2v) is 8.03. The van der Waals surface area contributed by atoms with Gasteiger partial charge in [-0.1, -0.05) is 18.8 Å². The highest BCUT2D eigenvalue weighted by atomic mass is 16.6. The van der Waals surface area contributed by atoms with E-state index in [4.69, 9.17) is 11.2 Å². The molecular weight excluding hydrogens is 336 g/mol. The third-order valence-corrected chi connectivity index (χ3v) is 4.93. The molecule has 0 bridgehead atoms. The van der Waals surface area contributed by atoms with Crippen LogP contribution in [-0.4, -0.2) is 51.7 Å². The molecule has 0 aromatic heterocycles. The van der Waals surface area contributed by atoms with E-state index < -0.39 is 41.7 Å². The maximum Gasteiger partial charge on any atom is 0.408 e. The summed E-state index contributed by atoms with van der Waals surface area (Å²) in [5.41, 5.74) is -0.689. The highest BCUT2D eigenvalue weighted by molar-refractivity contribution is 5.90. The lowest BCUT2D eigenvalue weighted by molar-refractivity contribution is -0.150. The molecule has 2 amide bonds. The molecule has 0 aromatic rings. The van der Waals surface area contributed by atoms with Crippen LogP contribution in [0.1, 0.15) is 59.3 Å². The fourth-order valence-corrected chi connectivity index (χ4v) is 3.79. The van der Waals surface area contributed by atoms with E-state index >= 15 is 0 Å². The molecule has 1 aliphatic heterocycles. The third kappa shape index (κ3) is 4.69. The number of likely N-dealkylation sites (tertiary alicyclic amines) is 1. The van der Waals surface area contributed by atoms with E-state index in [0.29, 0.717) is 12.8 Å². The normalized spacial score (nSPS) is 24.8. The molecule has 0 radical (unpaired) electrons. The Morgan fingerprint density at radius 2 is 1.81 bits per heavy atom. The number of nitrogens with zero attached hydrogens (tertiary/aromatic N) is 1. The van der Waals surface area contributed by atoms with Crippen LogP contribution >= 0.6 is 0 Å². The lowest BCUT2D eigenvalue weighted by atomic mass is 9.96. The molecule has 2 rings (SSSR count). The molecule has 1 heterocycles. The molecule has 1 aliphatic carbocycles. The highest BCUT2D eigenvalue weighted by Gasteiger charge is 2.45. The summed E-state index contributed by atoms with van der Waals surface area (Å²) in [7, 11) is 0. The summed E-state index contributed by atoms with van der Waals surface area (Å²) in [5.74, 6) is 0.985. The Balaban J connectivity index is 2.23. The molecular formula is C19H28N2O5. The van der Waals surface area contributed by atoms with E-state index in [1.54, 1.807) is 20.8 Å². The second-order valence-electron chi connectivity index (χ2n) is 8.03. The number of nitrogens with one attached hydrogen (secondary N) is 1. The van der Waals surface area contributed by atoms with Crippen molar-refractivity contribution in [2.24, 2.45) is 5.92 Å². The Bertz CT molecular complexity index is 598. The monoisotopic (exact) mass is 364 g/mol. The van der Waals surface area contributed by atoms with Gasteiger partial charge in [0.2, 0.25) is 5.91 Å².